The van der Waals surface area contributed by atoms with Crippen molar-refractivity contribution in [2.45, 2.75) is 65.1 Å². The summed E-state index contributed by atoms with van der Waals surface area (Å²) in [6, 6.07) is 4.90. The van der Waals surface area contributed by atoms with Crippen LogP contribution in [0.1, 0.15) is 61.0 Å². The Kier molecular flexibility index (Phi) is 5.64. The number of hydrogen-bond donors (Lipinski definition) is 0. The zero-order chi connectivity index (χ0) is 20.2. The summed E-state index contributed by atoms with van der Waals surface area (Å²) in [6.45, 7) is 3.47. The summed E-state index contributed by atoms with van der Waals surface area (Å²) < 4.78 is 8.81. The molecule has 1 aliphatic heterocycles. The fraction of sp³-hybridized carbons (Fsp3) is 0.500. The number of carbonyl (C=O) groups is 1. The van der Waals surface area contributed by atoms with Gasteiger partial charge in [-0.2, -0.15) is 0 Å². The third kappa shape index (κ3) is 4.03. The van der Waals surface area contributed by atoms with Gasteiger partial charge in [0.2, 0.25) is 0 Å². The minimum atomic E-state index is -0.492. The molecule has 4 rings (SSSR count). The van der Waals surface area contributed by atoms with Crippen LogP contribution in [-0.2, 0) is 30.9 Å². The molecule has 3 heterocycles. The van der Waals surface area contributed by atoms with Crippen LogP contribution in [0.25, 0.3) is 10.9 Å². The minimum absolute atomic E-state index is 0.00609. The Hall–Kier alpha value is -3.10. The van der Waals surface area contributed by atoms with E-state index in [1.54, 1.807) is 27.4 Å². The van der Waals surface area contributed by atoms with Crippen LogP contribution in [0.3, 0.4) is 0 Å². The number of ether oxygens (including phenoxy) is 1. The van der Waals surface area contributed by atoms with E-state index in [1.165, 1.54) is 0 Å². The lowest BCUT2D eigenvalue weighted by Gasteiger charge is -2.11. The van der Waals surface area contributed by atoms with E-state index in [4.69, 9.17) is 4.74 Å². The van der Waals surface area contributed by atoms with E-state index in [0.29, 0.717) is 35.4 Å². The summed E-state index contributed by atoms with van der Waals surface area (Å²) in [7, 11) is 0. The first-order valence-electron chi connectivity index (χ1n) is 10.1. The van der Waals surface area contributed by atoms with Crippen LogP contribution in [0.5, 0.6) is 0 Å². The van der Waals surface area contributed by atoms with Gasteiger partial charge in [0.1, 0.15) is 5.82 Å². The Morgan fingerprint density at radius 3 is 3.00 bits per heavy atom. The van der Waals surface area contributed by atoms with E-state index in [2.05, 4.69) is 27.4 Å². The monoisotopic (exact) mass is 396 g/mol. The van der Waals surface area contributed by atoms with Crippen molar-refractivity contribution < 1.29 is 9.53 Å². The van der Waals surface area contributed by atoms with Gasteiger partial charge in [0, 0.05) is 19.5 Å². The summed E-state index contributed by atoms with van der Waals surface area (Å²) in [5.74, 6) is 0.809. The number of benzene rings is 1. The first-order valence-corrected chi connectivity index (χ1v) is 10.1. The first-order chi connectivity index (χ1) is 14.2. The molecule has 9 nitrogen and oxygen atoms in total. The molecule has 3 aromatic rings. The van der Waals surface area contributed by atoms with Crippen LogP contribution < -0.4 is 5.56 Å². The van der Waals surface area contributed by atoms with Crippen molar-refractivity contribution in [2.24, 2.45) is 0 Å². The van der Waals surface area contributed by atoms with Gasteiger partial charge in [-0.05, 0) is 47.9 Å². The van der Waals surface area contributed by atoms with E-state index < -0.39 is 5.97 Å². The summed E-state index contributed by atoms with van der Waals surface area (Å²) in [5, 5.41) is 12.0. The number of aromatic nitrogens is 6. The molecule has 0 saturated carbocycles. The lowest BCUT2D eigenvalue weighted by molar-refractivity contribution is 0.0456. The van der Waals surface area contributed by atoms with Crippen molar-refractivity contribution in [1.82, 2.24) is 29.8 Å². The van der Waals surface area contributed by atoms with Gasteiger partial charge in [-0.3, -0.25) is 9.36 Å². The number of rotatable bonds is 6. The van der Waals surface area contributed by atoms with Crippen molar-refractivity contribution in [1.29, 1.82) is 0 Å². The third-order valence-electron chi connectivity index (χ3n) is 5.21. The highest BCUT2D eigenvalue weighted by atomic mass is 16.5. The molecular formula is C20H24N6O3. The predicted octanol–water partition coefficient (Wildman–Crippen LogP) is 2.27. The Morgan fingerprint density at radius 2 is 2.14 bits per heavy atom. The van der Waals surface area contributed by atoms with Crippen LogP contribution in [0.15, 0.2) is 23.0 Å². The number of tetrazole rings is 1. The molecular weight excluding hydrogens is 372 g/mol. The fourth-order valence-electron chi connectivity index (χ4n) is 3.57. The Labute approximate surface area is 167 Å². The molecule has 2 aromatic heterocycles. The van der Waals surface area contributed by atoms with E-state index in [9.17, 15) is 9.59 Å². The van der Waals surface area contributed by atoms with Crippen molar-refractivity contribution in [3.8, 4) is 0 Å². The molecule has 0 amide bonds. The molecule has 152 valence electrons. The van der Waals surface area contributed by atoms with Crippen LogP contribution in [0.2, 0.25) is 0 Å². The Morgan fingerprint density at radius 1 is 1.24 bits per heavy atom. The maximum absolute atomic E-state index is 12.8. The van der Waals surface area contributed by atoms with Crippen molar-refractivity contribution in [3.05, 3.63) is 45.8 Å². The maximum atomic E-state index is 12.8. The number of unbranched alkanes of at least 4 members (excludes halogenated alkanes) is 1. The SMILES string of the molecule is CCCCn1nnnc1COC(=O)c1ccc2c(=O)n3c(nc2c1)CCCCC3. The highest BCUT2D eigenvalue weighted by molar-refractivity contribution is 5.94. The molecule has 1 aromatic carbocycles. The molecule has 0 atom stereocenters. The molecule has 0 saturated heterocycles. The number of fused-ring (bicyclic) bond motifs is 2. The smallest absolute Gasteiger partial charge is 0.338 e. The molecule has 0 fully saturated rings. The number of aryl methyl sites for hydroxylation is 2. The van der Waals surface area contributed by atoms with Crippen LogP contribution in [-0.4, -0.2) is 35.7 Å². The number of carbonyl (C=O) groups excluding carboxylic acids is 1. The topological polar surface area (TPSA) is 105 Å². The number of nitrogens with zero attached hydrogens (tertiary/aromatic N) is 6. The fourth-order valence-corrected chi connectivity index (χ4v) is 3.57. The molecule has 0 unspecified atom stereocenters. The van der Waals surface area contributed by atoms with Crippen LogP contribution in [0, 0.1) is 0 Å². The normalized spacial score (nSPS) is 13.8. The number of esters is 1. The molecule has 0 spiro atoms. The van der Waals surface area contributed by atoms with Gasteiger partial charge in [0.15, 0.2) is 12.4 Å². The third-order valence-corrected chi connectivity index (χ3v) is 5.21. The van der Waals surface area contributed by atoms with Gasteiger partial charge >= 0.3 is 5.97 Å². The van der Waals surface area contributed by atoms with Crippen molar-refractivity contribution in [3.63, 3.8) is 0 Å². The van der Waals surface area contributed by atoms with Gasteiger partial charge in [-0.25, -0.2) is 14.5 Å². The van der Waals surface area contributed by atoms with Crippen molar-refractivity contribution in [2.75, 3.05) is 0 Å². The van der Waals surface area contributed by atoms with E-state index in [1.807, 2.05) is 0 Å². The Bertz CT molecular complexity index is 1090. The van der Waals surface area contributed by atoms with Gasteiger partial charge in [0.05, 0.1) is 16.5 Å². The first kappa shape index (κ1) is 19.2. The summed E-state index contributed by atoms with van der Waals surface area (Å²) in [4.78, 5) is 30.0. The maximum Gasteiger partial charge on any atom is 0.338 e. The molecule has 0 bridgehead atoms. The molecule has 0 radical (unpaired) electrons. The average molecular weight is 396 g/mol. The lowest BCUT2D eigenvalue weighted by Crippen LogP contribution is -2.24. The molecule has 0 aliphatic carbocycles. The largest absolute Gasteiger partial charge is 0.454 e. The van der Waals surface area contributed by atoms with Crippen LogP contribution >= 0.6 is 0 Å². The highest BCUT2D eigenvalue weighted by Crippen LogP contribution is 2.17. The summed E-state index contributed by atoms with van der Waals surface area (Å²) in [5.41, 5.74) is 0.850. The quantitative estimate of drug-likeness (QED) is 0.589. The minimum Gasteiger partial charge on any atom is -0.454 e. The summed E-state index contributed by atoms with van der Waals surface area (Å²) >= 11 is 0. The van der Waals surface area contributed by atoms with E-state index in [0.717, 1.165) is 44.3 Å². The van der Waals surface area contributed by atoms with Gasteiger partial charge in [0.25, 0.3) is 5.56 Å². The second-order valence-electron chi connectivity index (χ2n) is 7.28. The zero-order valence-corrected chi connectivity index (χ0v) is 16.5. The predicted molar refractivity (Wildman–Crippen MR) is 105 cm³/mol. The van der Waals surface area contributed by atoms with Gasteiger partial charge in [-0.1, -0.05) is 19.8 Å². The molecule has 29 heavy (non-hydrogen) atoms. The standard InChI is InChI=1S/C20H24N6O3/c1-2-3-11-26-18(22-23-24-26)13-29-20(28)14-8-9-15-16(12-14)21-17-7-5-4-6-10-25(17)19(15)27/h8-9,12H,2-7,10-11,13H2,1H3. The van der Waals surface area contributed by atoms with Crippen molar-refractivity contribution >= 4 is 16.9 Å². The summed E-state index contributed by atoms with van der Waals surface area (Å²) in [6.07, 6.45) is 5.85. The van der Waals surface area contributed by atoms with Crippen LogP contribution in [0.4, 0.5) is 0 Å². The van der Waals surface area contributed by atoms with Gasteiger partial charge in [-0.15, -0.1) is 5.10 Å². The highest BCUT2D eigenvalue weighted by Gasteiger charge is 2.16. The average Bonchev–Trinajstić information content (AvgIpc) is 3.05. The number of hydrogen-bond acceptors (Lipinski definition) is 7. The molecule has 1 aliphatic rings. The molecule has 0 N–H and O–H groups in total. The van der Waals surface area contributed by atoms with Gasteiger partial charge < -0.3 is 4.74 Å². The zero-order valence-electron chi connectivity index (χ0n) is 16.5. The van der Waals surface area contributed by atoms with E-state index in [-0.39, 0.29) is 12.2 Å². The molecule has 9 heteroatoms. The Balaban J connectivity index is 1.54. The second kappa shape index (κ2) is 8.50. The second-order valence-corrected chi connectivity index (χ2v) is 7.28. The van der Waals surface area contributed by atoms with E-state index >= 15 is 0 Å². The lowest BCUT2D eigenvalue weighted by atomic mass is 10.1.